The molecule has 1 N–H and O–H groups in total. The lowest BCUT2D eigenvalue weighted by Crippen LogP contribution is -2.45. The molecule has 0 saturated carbocycles. The summed E-state index contributed by atoms with van der Waals surface area (Å²) in [5.41, 5.74) is 2.05. The number of nitrogens with one attached hydrogen (secondary N) is 1. The Morgan fingerprint density at radius 1 is 1.19 bits per heavy atom. The quantitative estimate of drug-likeness (QED) is 0.921. The lowest BCUT2D eigenvalue weighted by atomic mass is 9.95. The van der Waals surface area contributed by atoms with Crippen LogP contribution in [0.3, 0.4) is 0 Å². The molecule has 7 heteroatoms. The van der Waals surface area contributed by atoms with Gasteiger partial charge in [-0.3, -0.25) is 14.7 Å². The van der Waals surface area contributed by atoms with Gasteiger partial charge in [0.2, 0.25) is 0 Å². The number of hydrogen-bond donors (Lipinski definition) is 1. The van der Waals surface area contributed by atoms with Crippen molar-refractivity contribution in [2.24, 2.45) is 0 Å². The first-order chi connectivity index (χ1) is 12.6. The van der Waals surface area contributed by atoms with Crippen LogP contribution in [0.2, 0.25) is 0 Å². The van der Waals surface area contributed by atoms with Crippen LogP contribution >= 0.6 is 0 Å². The lowest BCUT2D eigenvalue weighted by Gasteiger charge is -2.31. The highest BCUT2D eigenvalue weighted by Gasteiger charge is 2.43. The number of benzene rings is 1. The number of urea groups is 1. The second-order valence-corrected chi connectivity index (χ2v) is 6.31. The number of halogens is 1. The fraction of sp³-hybridized carbons (Fsp3) is 0.211. The van der Waals surface area contributed by atoms with Crippen molar-refractivity contribution in [2.45, 2.75) is 12.6 Å². The van der Waals surface area contributed by atoms with Crippen LogP contribution < -0.4 is 5.32 Å². The maximum atomic E-state index is 14.3. The second kappa shape index (κ2) is 6.25. The number of rotatable bonds is 3. The van der Waals surface area contributed by atoms with Crippen LogP contribution in [0.15, 0.2) is 59.9 Å². The Morgan fingerprint density at radius 3 is 2.69 bits per heavy atom. The van der Waals surface area contributed by atoms with Gasteiger partial charge in [-0.25, -0.2) is 9.18 Å². The van der Waals surface area contributed by atoms with E-state index < -0.39 is 11.9 Å². The molecule has 3 amide bonds. The van der Waals surface area contributed by atoms with E-state index in [1.54, 1.807) is 36.3 Å². The molecule has 1 aromatic heterocycles. The van der Waals surface area contributed by atoms with Crippen LogP contribution in [0.25, 0.3) is 0 Å². The molecule has 2 aliphatic rings. The molecule has 1 aromatic carbocycles. The molecule has 3 heterocycles. The molecule has 2 aromatic rings. The predicted molar refractivity (Wildman–Crippen MR) is 92.1 cm³/mol. The normalized spacial score (nSPS) is 19.7. The molecule has 26 heavy (non-hydrogen) atoms. The summed E-state index contributed by atoms with van der Waals surface area (Å²) in [6.45, 7) is 0.623. The Morgan fingerprint density at radius 2 is 1.96 bits per heavy atom. The largest absolute Gasteiger partial charge is 0.327 e. The van der Waals surface area contributed by atoms with Crippen LogP contribution in [0, 0.1) is 5.82 Å². The topological polar surface area (TPSA) is 65.5 Å². The summed E-state index contributed by atoms with van der Waals surface area (Å²) in [5.74, 6) is -0.670. The number of nitrogens with zero attached hydrogens (tertiary/aromatic N) is 3. The van der Waals surface area contributed by atoms with Crippen molar-refractivity contribution in [1.82, 2.24) is 20.1 Å². The van der Waals surface area contributed by atoms with Gasteiger partial charge >= 0.3 is 6.03 Å². The van der Waals surface area contributed by atoms with E-state index in [9.17, 15) is 14.0 Å². The molecule has 0 spiro atoms. The van der Waals surface area contributed by atoms with E-state index >= 15 is 0 Å². The molecule has 0 fully saturated rings. The molecule has 132 valence electrons. The third-order valence-corrected chi connectivity index (χ3v) is 4.73. The lowest BCUT2D eigenvalue weighted by molar-refractivity contribution is -0.126. The van der Waals surface area contributed by atoms with E-state index in [4.69, 9.17) is 0 Å². The zero-order valence-corrected chi connectivity index (χ0v) is 14.1. The minimum absolute atomic E-state index is 0.217. The molecule has 0 saturated heterocycles. The zero-order valence-electron chi connectivity index (χ0n) is 14.1. The summed E-state index contributed by atoms with van der Waals surface area (Å²) < 4.78 is 14.3. The molecule has 4 rings (SSSR count). The fourth-order valence-corrected chi connectivity index (χ4v) is 3.38. The SMILES string of the molecule is CN1C(=O)NC(c2ccccc2F)C2=C1CN(Cc1ccccn1)C2=O. The van der Waals surface area contributed by atoms with E-state index in [2.05, 4.69) is 10.3 Å². The van der Waals surface area contributed by atoms with Gasteiger partial charge in [0.15, 0.2) is 0 Å². The van der Waals surface area contributed by atoms with Gasteiger partial charge in [-0.1, -0.05) is 24.3 Å². The Balaban J connectivity index is 1.70. The summed E-state index contributed by atoms with van der Waals surface area (Å²) in [6.07, 6.45) is 1.67. The smallest absolute Gasteiger partial charge is 0.322 e. The highest BCUT2D eigenvalue weighted by molar-refractivity contribution is 6.01. The Hall–Kier alpha value is -3.22. The van der Waals surface area contributed by atoms with E-state index in [1.165, 1.54) is 11.0 Å². The maximum absolute atomic E-state index is 14.3. The van der Waals surface area contributed by atoms with Gasteiger partial charge in [-0.05, 0) is 18.2 Å². The van der Waals surface area contributed by atoms with Crippen LogP contribution in [0.5, 0.6) is 0 Å². The van der Waals surface area contributed by atoms with E-state index in [-0.39, 0.29) is 17.5 Å². The Kier molecular flexibility index (Phi) is 3.91. The molecule has 0 radical (unpaired) electrons. The van der Waals surface area contributed by atoms with E-state index in [1.807, 2.05) is 18.2 Å². The van der Waals surface area contributed by atoms with Crippen molar-refractivity contribution >= 4 is 11.9 Å². The molecule has 6 nitrogen and oxygen atoms in total. The number of carbonyl (C=O) groups excluding carboxylic acids is 2. The fourth-order valence-electron chi connectivity index (χ4n) is 3.38. The van der Waals surface area contributed by atoms with Crippen molar-refractivity contribution in [3.8, 4) is 0 Å². The average Bonchev–Trinajstić information content (AvgIpc) is 2.97. The van der Waals surface area contributed by atoms with Gasteiger partial charge in [0.25, 0.3) is 5.91 Å². The minimum atomic E-state index is -0.795. The highest BCUT2D eigenvalue weighted by Crippen LogP contribution is 2.36. The molecule has 1 atom stereocenters. The molecule has 1 unspecified atom stereocenters. The first kappa shape index (κ1) is 16.3. The number of aromatic nitrogens is 1. The van der Waals surface area contributed by atoms with Gasteiger partial charge in [0, 0.05) is 18.8 Å². The Labute approximate surface area is 149 Å². The number of pyridine rings is 1. The summed E-state index contributed by atoms with van der Waals surface area (Å²) in [5, 5.41) is 2.74. The van der Waals surface area contributed by atoms with Crippen molar-refractivity contribution in [1.29, 1.82) is 0 Å². The molecular formula is C19H17FN4O2. The van der Waals surface area contributed by atoms with Crippen molar-refractivity contribution in [3.05, 3.63) is 77.0 Å². The van der Waals surface area contributed by atoms with Gasteiger partial charge in [-0.2, -0.15) is 0 Å². The number of carbonyl (C=O) groups is 2. The summed E-state index contributed by atoms with van der Waals surface area (Å²) in [7, 11) is 1.61. The third kappa shape index (κ3) is 2.61. The summed E-state index contributed by atoms with van der Waals surface area (Å²) >= 11 is 0. The summed E-state index contributed by atoms with van der Waals surface area (Å²) in [4.78, 5) is 32.6. The first-order valence-electron chi connectivity index (χ1n) is 8.27. The van der Waals surface area contributed by atoms with Gasteiger partial charge in [0.05, 0.1) is 36.1 Å². The zero-order chi connectivity index (χ0) is 18.3. The van der Waals surface area contributed by atoms with E-state index in [0.717, 1.165) is 5.69 Å². The van der Waals surface area contributed by atoms with Crippen molar-refractivity contribution < 1.29 is 14.0 Å². The van der Waals surface area contributed by atoms with Crippen LogP contribution in [-0.4, -0.2) is 40.3 Å². The van der Waals surface area contributed by atoms with Crippen LogP contribution in [0.4, 0.5) is 9.18 Å². The molecule has 0 aliphatic carbocycles. The average molecular weight is 352 g/mol. The molecule has 0 bridgehead atoms. The number of likely N-dealkylation sites (N-methyl/N-ethyl adjacent to an activating group) is 1. The first-order valence-corrected chi connectivity index (χ1v) is 8.27. The van der Waals surface area contributed by atoms with Crippen LogP contribution in [-0.2, 0) is 11.3 Å². The van der Waals surface area contributed by atoms with Gasteiger partial charge < -0.3 is 10.2 Å². The number of hydrogen-bond acceptors (Lipinski definition) is 3. The number of amides is 3. The molecular weight excluding hydrogens is 335 g/mol. The van der Waals surface area contributed by atoms with Gasteiger partial charge in [-0.15, -0.1) is 0 Å². The van der Waals surface area contributed by atoms with Gasteiger partial charge in [0.1, 0.15) is 5.82 Å². The third-order valence-electron chi connectivity index (χ3n) is 4.73. The van der Waals surface area contributed by atoms with Crippen LogP contribution in [0.1, 0.15) is 17.3 Å². The summed E-state index contributed by atoms with van der Waals surface area (Å²) in [6, 6.07) is 10.5. The minimum Gasteiger partial charge on any atom is -0.327 e. The van der Waals surface area contributed by atoms with E-state index in [0.29, 0.717) is 24.4 Å². The monoisotopic (exact) mass is 352 g/mol. The van der Waals surface area contributed by atoms with Crippen molar-refractivity contribution in [2.75, 3.05) is 13.6 Å². The second-order valence-electron chi connectivity index (χ2n) is 6.31. The van der Waals surface area contributed by atoms with Crippen molar-refractivity contribution in [3.63, 3.8) is 0 Å². The standard InChI is InChI=1S/C19H17FN4O2/c1-23-15-11-24(10-12-6-4-5-9-21-12)18(25)16(15)17(22-19(23)26)13-7-2-3-8-14(13)20/h2-9,17H,10-11H2,1H3,(H,22,26). The molecule has 2 aliphatic heterocycles. The predicted octanol–water partition coefficient (Wildman–Crippen LogP) is 2.21. The highest BCUT2D eigenvalue weighted by atomic mass is 19.1. The Bertz CT molecular complexity index is 913. The maximum Gasteiger partial charge on any atom is 0.322 e.